The molecule has 0 N–H and O–H groups in total. The second kappa shape index (κ2) is 7.95. The highest BCUT2D eigenvalue weighted by Gasteiger charge is 2.52. The smallest absolute Gasteiger partial charge is 0.245 e. The van der Waals surface area contributed by atoms with Gasteiger partial charge >= 0.3 is 0 Å². The van der Waals surface area contributed by atoms with Crippen LogP contribution in [0.5, 0.6) is 0 Å². The number of alkyl halides is 2. The van der Waals surface area contributed by atoms with Crippen LogP contribution in [0.1, 0.15) is 38.2 Å². The molecule has 1 saturated heterocycles. The van der Waals surface area contributed by atoms with Crippen molar-refractivity contribution in [1.82, 2.24) is 4.31 Å². The summed E-state index contributed by atoms with van der Waals surface area (Å²) < 4.78 is 33.5. The molecule has 2 rings (SSSR count). The summed E-state index contributed by atoms with van der Waals surface area (Å²) >= 11 is 7.03. The average molecular weight is 469 g/mol. The Morgan fingerprint density at radius 1 is 1.30 bits per heavy atom. The van der Waals surface area contributed by atoms with Crippen LogP contribution in [0.3, 0.4) is 0 Å². The molecular weight excluding hydrogens is 446 g/mol. The van der Waals surface area contributed by atoms with Crippen LogP contribution in [-0.2, 0) is 14.8 Å². The van der Waals surface area contributed by atoms with E-state index >= 15 is 0 Å². The van der Waals surface area contributed by atoms with Gasteiger partial charge in [0.1, 0.15) is 3.74 Å². The van der Waals surface area contributed by atoms with Crippen molar-refractivity contribution in [3.05, 3.63) is 29.8 Å². The van der Waals surface area contributed by atoms with Crippen molar-refractivity contribution < 1.29 is 13.2 Å². The molecule has 0 aromatic heterocycles. The number of halogens is 2. The fraction of sp³-hybridized carbons (Fsp3) is 0.625. The Labute approximate surface area is 155 Å². The number of nitrogens with zero attached hydrogens (tertiary/aromatic N) is 1. The first kappa shape index (κ1) is 19.4. The summed E-state index contributed by atoms with van der Waals surface area (Å²) in [5.74, 6) is 0. The van der Waals surface area contributed by atoms with Gasteiger partial charge in [-0.3, -0.25) is 0 Å². The predicted octanol–water partition coefficient (Wildman–Crippen LogP) is 4.41. The van der Waals surface area contributed by atoms with Gasteiger partial charge in [0.25, 0.3) is 0 Å². The van der Waals surface area contributed by atoms with E-state index in [-0.39, 0.29) is 3.74 Å². The van der Waals surface area contributed by atoms with Crippen LogP contribution in [0.25, 0.3) is 0 Å². The van der Waals surface area contributed by atoms with E-state index in [1.165, 1.54) is 4.31 Å². The van der Waals surface area contributed by atoms with Crippen molar-refractivity contribution in [2.75, 3.05) is 13.2 Å². The summed E-state index contributed by atoms with van der Waals surface area (Å²) in [6, 6.07) is 6.97. The third kappa shape index (κ3) is 4.00. The molecule has 1 aliphatic rings. The third-order valence-corrected chi connectivity index (χ3v) is 7.49. The zero-order valence-electron chi connectivity index (χ0n) is 13.5. The summed E-state index contributed by atoms with van der Waals surface area (Å²) in [7, 11) is -3.60. The number of sulfonamides is 1. The zero-order chi connectivity index (χ0) is 17.1. The number of ether oxygens (including phenoxy) is 1. The lowest BCUT2D eigenvalue weighted by Gasteiger charge is -2.39. The lowest BCUT2D eigenvalue weighted by atomic mass is 10.2. The molecule has 0 amide bonds. The minimum Gasteiger partial charge on any atom is -0.357 e. The Morgan fingerprint density at radius 2 is 1.96 bits per heavy atom. The molecule has 0 bridgehead atoms. The molecule has 1 heterocycles. The highest BCUT2D eigenvalue weighted by Crippen LogP contribution is 2.43. The highest BCUT2D eigenvalue weighted by atomic mass is 79.9. The van der Waals surface area contributed by atoms with Crippen LogP contribution in [0, 0.1) is 6.92 Å². The van der Waals surface area contributed by atoms with Crippen molar-refractivity contribution in [2.45, 2.75) is 53.9 Å². The fourth-order valence-electron chi connectivity index (χ4n) is 2.77. The van der Waals surface area contributed by atoms with Crippen LogP contribution >= 0.6 is 31.9 Å². The average Bonchev–Trinajstić information content (AvgIpc) is 2.94. The van der Waals surface area contributed by atoms with E-state index in [2.05, 4.69) is 38.8 Å². The second-order valence-electron chi connectivity index (χ2n) is 5.84. The normalized spacial score (nSPS) is 22.8. The van der Waals surface area contributed by atoms with Gasteiger partial charge in [-0.2, -0.15) is 4.31 Å². The van der Waals surface area contributed by atoms with Crippen molar-refractivity contribution >= 4 is 41.9 Å². The quantitative estimate of drug-likeness (QED) is 0.439. The predicted molar refractivity (Wildman–Crippen MR) is 99.5 cm³/mol. The standard InChI is InChI=1S/C16H23Br2NO3S/c1-3-4-12-22-16(15(17)18)10-5-11-19(16)23(20,21)14-8-6-13(2)7-9-14/h6-9,15H,3-5,10-12H2,1-2H3. The van der Waals surface area contributed by atoms with Gasteiger partial charge in [0.05, 0.1) is 4.90 Å². The maximum absolute atomic E-state index is 13.1. The van der Waals surface area contributed by atoms with Gasteiger partial charge in [-0.1, -0.05) is 62.9 Å². The molecule has 1 aromatic rings. The Bertz CT molecular complexity index is 619. The first-order valence-electron chi connectivity index (χ1n) is 7.86. The summed E-state index contributed by atoms with van der Waals surface area (Å²) in [5.41, 5.74) is 0.161. The number of hydrogen-bond donors (Lipinski definition) is 0. The molecule has 4 nitrogen and oxygen atoms in total. The van der Waals surface area contributed by atoms with Gasteiger partial charge in [-0.25, -0.2) is 8.42 Å². The molecule has 23 heavy (non-hydrogen) atoms. The Hall–Kier alpha value is 0.0500. The maximum Gasteiger partial charge on any atom is 0.245 e. The van der Waals surface area contributed by atoms with Gasteiger partial charge < -0.3 is 4.74 Å². The highest BCUT2D eigenvalue weighted by molar-refractivity contribution is 9.24. The maximum atomic E-state index is 13.1. The van der Waals surface area contributed by atoms with E-state index < -0.39 is 15.7 Å². The lowest BCUT2D eigenvalue weighted by molar-refractivity contribution is -0.0878. The van der Waals surface area contributed by atoms with Gasteiger partial charge in [0, 0.05) is 13.2 Å². The largest absolute Gasteiger partial charge is 0.357 e. The third-order valence-electron chi connectivity index (χ3n) is 4.12. The molecule has 1 aliphatic heterocycles. The molecule has 0 spiro atoms. The first-order chi connectivity index (χ1) is 10.8. The van der Waals surface area contributed by atoms with Crippen molar-refractivity contribution in [3.63, 3.8) is 0 Å². The molecule has 1 atom stereocenters. The molecule has 7 heteroatoms. The minimum atomic E-state index is -3.60. The SMILES string of the molecule is CCCCOC1(C(Br)Br)CCCN1S(=O)(=O)c1ccc(C)cc1. The van der Waals surface area contributed by atoms with Gasteiger partial charge in [-0.05, 0) is 38.3 Å². The lowest BCUT2D eigenvalue weighted by Crippen LogP contribution is -2.53. The Balaban J connectivity index is 2.35. The molecule has 1 aromatic carbocycles. The fourth-order valence-corrected chi connectivity index (χ4v) is 6.02. The number of hydrogen-bond acceptors (Lipinski definition) is 3. The van der Waals surface area contributed by atoms with Gasteiger partial charge in [0.15, 0.2) is 5.72 Å². The van der Waals surface area contributed by atoms with Gasteiger partial charge in [0.2, 0.25) is 10.0 Å². The van der Waals surface area contributed by atoms with Gasteiger partial charge in [-0.15, -0.1) is 0 Å². The monoisotopic (exact) mass is 467 g/mol. The first-order valence-corrected chi connectivity index (χ1v) is 11.1. The Morgan fingerprint density at radius 3 is 2.52 bits per heavy atom. The molecular formula is C16H23Br2NO3S. The topological polar surface area (TPSA) is 46.6 Å². The molecule has 130 valence electrons. The molecule has 1 fully saturated rings. The van der Waals surface area contributed by atoms with Crippen LogP contribution in [0.2, 0.25) is 0 Å². The molecule has 0 radical (unpaired) electrons. The number of benzene rings is 1. The van der Waals surface area contributed by atoms with Crippen LogP contribution in [0.15, 0.2) is 29.2 Å². The minimum absolute atomic E-state index is 0.262. The van der Waals surface area contributed by atoms with E-state index in [0.29, 0.717) is 24.5 Å². The van der Waals surface area contributed by atoms with E-state index in [9.17, 15) is 8.42 Å². The molecule has 0 aliphatic carbocycles. The van der Waals surface area contributed by atoms with Crippen LogP contribution in [0.4, 0.5) is 0 Å². The number of unbranched alkanes of at least 4 members (excludes halogenated alkanes) is 1. The van der Waals surface area contributed by atoms with Crippen molar-refractivity contribution in [2.24, 2.45) is 0 Å². The number of rotatable bonds is 7. The molecule has 0 saturated carbocycles. The zero-order valence-corrected chi connectivity index (χ0v) is 17.5. The van der Waals surface area contributed by atoms with Crippen molar-refractivity contribution in [1.29, 1.82) is 0 Å². The summed E-state index contributed by atoms with van der Waals surface area (Å²) in [6.45, 7) is 5.04. The second-order valence-corrected chi connectivity index (χ2v) is 10.8. The van der Waals surface area contributed by atoms with E-state index in [0.717, 1.165) is 24.8 Å². The van der Waals surface area contributed by atoms with Crippen LogP contribution < -0.4 is 0 Å². The van der Waals surface area contributed by atoms with Crippen molar-refractivity contribution in [3.8, 4) is 0 Å². The van der Waals surface area contributed by atoms with E-state index in [4.69, 9.17) is 4.74 Å². The summed E-state index contributed by atoms with van der Waals surface area (Å²) in [4.78, 5) is 0.314. The Kier molecular flexibility index (Phi) is 6.70. The summed E-state index contributed by atoms with van der Waals surface area (Å²) in [5, 5.41) is 0. The summed E-state index contributed by atoms with van der Waals surface area (Å²) in [6.07, 6.45) is 3.37. The van der Waals surface area contributed by atoms with E-state index in [1.54, 1.807) is 12.1 Å². The van der Waals surface area contributed by atoms with E-state index in [1.807, 2.05) is 19.1 Å². The van der Waals surface area contributed by atoms with Crippen LogP contribution in [-0.4, -0.2) is 35.3 Å². The number of aryl methyl sites for hydroxylation is 1. The molecule has 1 unspecified atom stereocenters.